The van der Waals surface area contributed by atoms with Gasteiger partial charge in [0.15, 0.2) is 12.2 Å². The maximum atomic E-state index is 9.76. The summed E-state index contributed by atoms with van der Waals surface area (Å²) in [6.07, 6.45) is 2.63. The second-order valence-electron chi connectivity index (χ2n) is 1.41. The summed E-state index contributed by atoms with van der Waals surface area (Å²) in [6, 6.07) is 0. The van der Waals surface area contributed by atoms with Gasteiger partial charge in [-0.15, -0.1) is 0 Å². The van der Waals surface area contributed by atoms with Crippen LogP contribution in [-0.4, -0.2) is 12.2 Å². The molecule has 3 nitrogen and oxygen atoms in total. The smallest absolute Gasteiger partial charge is 0.205 e. The van der Waals surface area contributed by atoms with Crippen LogP contribution in [0.15, 0.2) is 17.9 Å². The fourth-order valence-electron chi connectivity index (χ4n) is 0.465. The van der Waals surface area contributed by atoms with Gasteiger partial charge >= 0.3 is 0 Å². The third-order valence-electron chi connectivity index (χ3n) is 0.801. The average Bonchev–Trinajstić information content (AvgIpc) is 2.14. The van der Waals surface area contributed by atoms with Gasteiger partial charge in [0.1, 0.15) is 0 Å². The van der Waals surface area contributed by atoms with Crippen LogP contribution in [0.25, 0.3) is 0 Å². The molecular formula is C5H5NO2. The molecule has 42 valence electrons. The highest BCUT2D eigenvalue weighted by Crippen LogP contribution is 2.06. The third-order valence-corrected chi connectivity index (χ3v) is 0.801. The molecule has 0 bridgehead atoms. The summed E-state index contributed by atoms with van der Waals surface area (Å²) in [7, 11) is 0. The molecule has 0 radical (unpaired) electrons. The topological polar surface area (TPSA) is 52.3 Å². The van der Waals surface area contributed by atoms with E-state index in [0.29, 0.717) is 0 Å². The van der Waals surface area contributed by atoms with Crippen molar-refractivity contribution in [2.24, 2.45) is 5.73 Å². The Kier molecular flexibility index (Phi) is 1.16. The number of nitrogens with two attached hydrogens (primary N) is 1. The van der Waals surface area contributed by atoms with E-state index < -0.39 is 6.23 Å². The van der Waals surface area contributed by atoms with Crippen molar-refractivity contribution in [2.75, 3.05) is 0 Å². The summed E-state index contributed by atoms with van der Waals surface area (Å²) < 4.78 is 4.67. The van der Waals surface area contributed by atoms with Crippen LogP contribution in [0.5, 0.6) is 0 Å². The highest BCUT2D eigenvalue weighted by molar-refractivity contribution is 5.55. The van der Waals surface area contributed by atoms with Gasteiger partial charge in [-0.2, -0.15) is 0 Å². The zero-order chi connectivity index (χ0) is 5.98. The molecule has 0 aromatic heterocycles. The van der Waals surface area contributed by atoms with Gasteiger partial charge in [0.2, 0.25) is 5.76 Å². The van der Waals surface area contributed by atoms with E-state index in [4.69, 9.17) is 5.73 Å². The maximum Gasteiger partial charge on any atom is 0.205 e. The first kappa shape index (κ1) is 5.09. The zero-order valence-corrected chi connectivity index (χ0v) is 4.13. The van der Waals surface area contributed by atoms with Gasteiger partial charge in [0.25, 0.3) is 0 Å². The minimum Gasteiger partial charge on any atom is -0.461 e. The molecule has 1 heterocycles. The van der Waals surface area contributed by atoms with Crippen molar-refractivity contribution in [3.8, 4) is 0 Å². The molecule has 3 heteroatoms. The van der Waals surface area contributed by atoms with Crippen LogP contribution < -0.4 is 5.73 Å². The van der Waals surface area contributed by atoms with E-state index in [1.165, 1.54) is 6.08 Å². The Morgan fingerprint density at radius 1 is 1.88 bits per heavy atom. The second-order valence-corrected chi connectivity index (χ2v) is 1.41. The monoisotopic (exact) mass is 111 g/mol. The largest absolute Gasteiger partial charge is 0.461 e. The summed E-state index contributed by atoms with van der Waals surface area (Å²) in [4.78, 5) is 9.76. The Morgan fingerprint density at radius 2 is 2.62 bits per heavy atom. The molecule has 1 unspecified atom stereocenters. The first-order valence-corrected chi connectivity index (χ1v) is 2.18. The number of hydrogen-bond acceptors (Lipinski definition) is 3. The standard InChI is InChI=1S/C5H5NO2/c6-5-2-1-4(3-7)8-5/h1-2,5H,6H2. The molecule has 0 saturated carbocycles. The van der Waals surface area contributed by atoms with E-state index in [0.717, 1.165) is 0 Å². The molecule has 1 aliphatic rings. The van der Waals surface area contributed by atoms with Crippen molar-refractivity contribution in [1.82, 2.24) is 0 Å². The lowest BCUT2D eigenvalue weighted by Crippen LogP contribution is -2.15. The normalized spacial score (nSPS) is 25.1. The fraction of sp³-hybridized carbons (Fsp3) is 0.200. The molecule has 0 spiro atoms. The summed E-state index contributed by atoms with van der Waals surface area (Å²) in [5.74, 6) is 1.75. The molecule has 0 saturated heterocycles. The van der Waals surface area contributed by atoms with Gasteiger partial charge in [0, 0.05) is 0 Å². The maximum absolute atomic E-state index is 9.76. The van der Waals surface area contributed by atoms with Crippen LogP contribution >= 0.6 is 0 Å². The van der Waals surface area contributed by atoms with E-state index >= 15 is 0 Å². The molecule has 8 heavy (non-hydrogen) atoms. The van der Waals surface area contributed by atoms with Gasteiger partial charge in [-0.3, -0.25) is 5.73 Å². The first-order chi connectivity index (χ1) is 3.83. The van der Waals surface area contributed by atoms with Gasteiger partial charge < -0.3 is 4.74 Å². The van der Waals surface area contributed by atoms with Crippen LogP contribution in [0, 0.1) is 0 Å². The van der Waals surface area contributed by atoms with Crippen LogP contribution in [0.2, 0.25) is 0 Å². The number of rotatable bonds is 0. The molecule has 1 atom stereocenters. The average molecular weight is 111 g/mol. The van der Waals surface area contributed by atoms with E-state index in [2.05, 4.69) is 4.74 Å². The van der Waals surface area contributed by atoms with Crippen LogP contribution in [0.3, 0.4) is 0 Å². The Hall–Kier alpha value is -1.05. The molecule has 2 N–H and O–H groups in total. The lowest BCUT2D eigenvalue weighted by molar-refractivity contribution is 0.191. The first-order valence-electron chi connectivity index (χ1n) is 2.18. The molecule has 0 amide bonds. The van der Waals surface area contributed by atoms with Gasteiger partial charge in [-0.05, 0) is 12.2 Å². The highest BCUT2D eigenvalue weighted by Gasteiger charge is 2.07. The molecule has 0 aromatic carbocycles. The molecule has 1 rings (SSSR count). The van der Waals surface area contributed by atoms with Crippen LogP contribution in [-0.2, 0) is 9.53 Å². The summed E-state index contributed by atoms with van der Waals surface area (Å²) in [5, 5.41) is 0. The van der Waals surface area contributed by atoms with Gasteiger partial charge in [-0.25, -0.2) is 4.79 Å². The Labute approximate surface area is 46.4 Å². The summed E-state index contributed by atoms with van der Waals surface area (Å²) >= 11 is 0. The predicted molar refractivity (Wildman–Crippen MR) is 27.4 cm³/mol. The van der Waals surface area contributed by atoms with E-state index in [1.807, 2.05) is 0 Å². The van der Waals surface area contributed by atoms with E-state index in [9.17, 15) is 4.79 Å². The number of hydrogen-bond donors (Lipinski definition) is 1. The summed E-state index contributed by atoms with van der Waals surface area (Å²) in [5.41, 5.74) is 5.19. The molecule has 0 aliphatic carbocycles. The van der Waals surface area contributed by atoms with Crippen molar-refractivity contribution < 1.29 is 9.53 Å². The molecule has 0 fully saturated rings. The Morgan fingerprint density at radius 3 is 2.88 bits per heavy atom. The van der Waals surface area contributed by atoms with E-state index in [1.54, 1.807) is 12.0 Å². The number of carbonyl (C=O) groups excluding carboxylic acids is 1. The van der Waals surface area contributed by atoms with Gasteiger partial charge in [-0.1, -0.05) is 0 Å². The minimum atomic E-state index is -0.452. The summed E-state index contributed by atoms with van der Waals surface area (Å²) in [6.45, 7) is 0. The Bertz CT molecular complexity index is 167. The lowest BCUT2D eigenvalue weighted by Gasteiger charge is -1.98. The lowest BCUT2D eigenvalue weighted by atomic mass is 10.5. The van der Waals surface area contributed by atoms with Crippen LogP contribution in [0.4, 0.5) is 0 Å². The minimum absolute atomic E-state index is 0.178. The van der Waals surface area contributed by atoms with Crippen molar-refractivity contribution >= 4 is 5.94 Å². The third kappa shape index (κ3) is 0.780. The highest BCUT2D eigenvalue weighted by atomic mass is 16.5. The van der Waals surface area contributed by atoms with Crippen molar-refractivity contribution in [3.63, 3.8) is 0 Å². The van der Waals surface area contributed by atoms with Crippen molar-refractivity contribution in [2.45, 2.75) is 6.23 Å². The molecule has 1 aliphatic heterocycles. The van der Waals surface area contributed by atoms with Crippen molar-refractivity contribution in [1.29, 1.82) is 0 Å². The van der Waals surface area contributed by atoms with Crippen LogP contribution in [0.1, 0.15) is 0 Å². The molecular weight excluding hydrogens is 106 g/mol. The zero-order valence-electron chi connectivity index (χ0n) is 4.13. The quantitative estimate of drug-likeness (QED) is 0.432. The fourth-order valence-corrected chi connectivity index (χ4v) is 0.465. The SMILES string of the molecule is NC1C=CC(=C=O)O1. The predicted octanol–water partition coefficient (Wildman–Crippen LogP) is -0.427. The molecule has 0 aromatic rings. The van der Waals surface area contributed by atoms with E-state index in [-0.39, 0.29) is 5.76 Å². The number of ether oxygens (including phenoxy) is 1. The van der Waals surface area contributed by atoms with Crippen molar-refractivity contribution in [3.05, 3.63) is 17.9 Å². The Balaban J connectivity index is 2.73. The second kappa shape index (κ2) is 1.82. The number of allylic oxidation sites excluding steroid dienone is 1. The van der Waals surface area contributed by atoms with Gasteiger partial charge in [0.05, 0.1) is 0 Å².